The fourth-order valence-electron chi connectivity index (χ4n) is 2.27. The van der Waals surface area contributed by atoms with Crippen molar-refractivity contribution in [2.75, 3.05) is 6.54 Å². The molecule has 1 aliphatic carbocycles. The largest absolute Gasteiger partial charge is 0.481 e. The fraction of sp³-hybridized carbons (Fsp3) is 0.833. The quantitative estimate of drug-likeness (QED) is 0.662. The molecule has 0 spiro atoms. The van der Waals surface area contributed by atoms with Crippen molar-refractivity contribution in [3.63, 3.8) is 0 Å². The van der Waals surface area contributed by atoms with E-state index >= 15 is 0 Å². The number of nitrogens with two attached hydrogens (primary N) is 1. The zero-order valence-corrected chi connectivity index (χ0v) is 10.3. The van der Waals surface area contributed by atoms with E-state index in [1.807, 2.05) is 6.92 Å². The Bertz CT molecular complexity index is 281. The van der Waals surface area contributed by atoms with Crippen LogP contribution in [0.5, 0.6) is 0 Å². The molecule has 0 aromatic heterocycles. The lowest BCUT2D eigenvalue weighted by Gasteiger charge is -2.28. The van der Waals surface area contributed by atoms with Gasteiger partial charge in [0.2, 0.25) is 5.91 Å². The first-order chi connectivity index (χ1) is 8.04. The van der Waals surface area contributed by atoms with Crippen LogP contribution in [0.25, 0.3) is 0 Å². The molecular weight excluding hydrogens is 220 g/mol. The number of nitrogens with one attached hydrogen (secondary N) is 1. The Labute approximate surface area is 102 Å². The summed E-state index contributed by atoms with van der Waals surface area (Å²) in [4.78, 5) is 22.7. The van der Waals surface area contributed by atoms with Gasteiger partial charge in [-0.3, -0.25) is 9.59 Å². The van der Waals surface area contributed by atoms with Crippen LogP contribution in [0.15, 0.2) is 0 Å². The molecule has 0 saturated heterocycles. The molecule has 0 aliphatic heterocycles. The molecule has 5 heteroatoms. The van der Waals surface area contributed by atoms with E-state index in [9.17, 15) is 9.59 Å². The third-order valence-corrected chi connectivity index (χ3v) is 3.42. The van der Waals surface area contributed by atoms with Gasteiger partial charge in [-0.05, 0) is 32.2 Å². The third kappa shape index (κ3) is 4.34. The molecule has 1 rings (SSSR count). The molecule has 17 heavy (non-hydrogen) atoms. The number of carbonyl (C=O) groups excluding carboxylic acids is 1. The summed E-state index contributed by atoms with van der Waals surface area (Å²) in [5.74, 6) is -1.16. The van der Waals surface area contributed by atoms with Gasteiger partial charge in [-0.25, -0.2) is 0 Å². The smallest absolute Gasteiger partial charge is 0.306 e. The van der Waals surface area contributed by atoms with Crippen molar-refractivity contribution in [1.29, 1.82) is 0 Å². The molecule has 0 aromatic rings. The summed E-state index contributed by atoms with van der Waals surface area (Å²) in [6, 6.07) is 0.0116. The number of carboxylic acid groups (broad SMARTS) is 1. The van der Waals surface area contributed by atoms with E-state index in [0.717, 1.165) is 19.3 Å². The van der Waals surface area contributed by atoms with Gasteiger partial charge in [-0.2, -0.15) is 0 Å². The van der Waals surface area contributed by atoms with E-state index in [1.54, 1.807) is 0 Å². The summed E-state index contributed by atoms with van der Waals surface area (Å²) in [5.41, 5.74) is 5.40. The van der Waals surface area contributed by atoms with E-state index in [1.165, 1.54) is 0 Å². The molecule has 98 valence electrons. The molecule has 1 amide bonds. The minimum atomic E-state index is -0.751. The van der Waals surface area contributed by atoms with Crippen LogP contribution in [-0.2, 0) is 9.59 Å². The van der Waals surface area contributed by atoms with Gasteiger partial charge in [0, 0.05) is 12.0 Å². The number of carboxylic acids is 1. The second kappa shape index (κ2) is 6.59. The highest BCUT2D eigenvalue weighted by molar-refractivity contribution is 5.78. The van der Waals surface area contributed by atoms with Gasteiger partial charge in [0.15, 0.2) is 0 Å². The van der Waals surface area contributed by atoms with Crippen LogP contribution in [0.2, 0.25) is 0 Å². The molecule has 1 fully saturated rings. The minimum Gasteiger partial charge on any atom is -0.481 e. The topological polar surface area (TPSA) is 92.4 Å². The van der Waals surface area contributed by atoms with Gasteiger partial charge in [0.05, 0.1) is 5.92 Å². The van der Waals surface area contributed by atoms with Crippen LogP contribution in [-0.4, -0.2) is 29.6 Å². The molecular formula is C12H22N2O3. The van der Waals surface area contributed by atoms with Crippen LogP contribution in [0.4, 0.5) is 0 Å². The van der Waals surface area contributed by atoms with E-state index in [0.29, 0.717) is 19.4 Å². The maximum Gasteiger partial charge on any atom is 0.306 e. The molecule has 1 aliphatic rings. The van der Waals surface area contributed by atoms with Crippen LogP contribution in [0.3, 0.4) is 0 Å². The molecule has 0 radical (unpaired) electrons. The van der Waals surface area contributed by atoms with Crippen molar-refractivity contribution in [3.05, 3.63) is 0 Å². The van der Waals surface area contributed by atoms with Crippen LogP contribution in [0.1, 0.15) is 39.0 Å². The number of carbonyl (C=O) groups is 2. The Balaban J connectivity index is 2.40. The molecule has 1 saturated carbocycles. The molecule has 3 unspecified atom stereocenters. The maximum absolute atomic E-state index is 11.8. The summed E-state index contributed by atoms with van der Waals surface area (Å²) >= 11 is 0. The second-order valence-corrected chi connectivity index (χ2v) is 4.89. The standard InChI is InChI=1S/C12H22N2O3/c1-8(5-6-13)11(15)14-10-4-2-3-9(7-10)12(16)17/h8-10H,2-7,13H2,1H3,(H,14,15)(H,16,17). The average Bonchev–Trinajstić information content (AvgIpc) is 2.29. The normalized spacial score (nSPS) is 26.2. The highest BCUT2D eigenvalue weighted by atomic mass is 16.4. The Morgan fingerprint density at radius 1 is 1.47 bits per heavy atom. The summed E-state index contributed by atoms with van der Waals surface area (Å²) in [6.45, 7) is 2.34. The van der Waals surface area contributed by atoms with E-state index in [2.05, 4.69) is 5.32 Å². The van der Waals surface area contributed by atoms with Crippen LogP contribution < -0.4 is 11.1 Å². The summed E-state index contributed by atoms with van der Waals surface area (Å²) in [6.07, 6.45) is 3.69. The first-order valence-electron chi connectivity index (χ1n) is 6.27. The predicted molar refractivity (Wildman–Crippen MR) is 64.4 cm³/mol. The van der Waals surface area contributed by atoms with Gasteiger partial charge in [0.25, 0.3) is 0 Å². The van der Waals surface area contributed by atoms with Crippen molar-refractivity contribution in [2.45, 2.75) is 45.1 Å². The molecule has 5 nitrogen and oxygen atoms in total. The van der Waals surface area contributed by atoms with Crippen LogP contribution >= 0.6 is 0 Å². The Morgan fingerprint density at radius 2 is 2.18 bits per heavy atom. The van der Waals surface area contributed by atoms with Crippen molar-refractivity contribution in [2.24, 2.45) is 17.6 Å². The van der Waals surface area contributed by atoms with Gasteiger partial charge >= 0.3 is 5.97 Å². The van der Waals surface area contributed by atoms with Crippen molar-refractivity contribution in [1.82, 2.24) is 5.32 Å². The van der Waals surface area contributed by atoms with Gasteiger partial charge in [-0.1, -0.05) is 13.3 Å². The molecule has 4 N–H and O–H groups in total. The highest BCUT2D eigenvalue weighted by Gasteiger charge is 2.28. The van der Waals surface area contributed by atoms with Crippen molar-refractivity contribution >= 4 is 11.9 Å². The predicted octanol–water partition coefficient (Wildman–Crippen LogP) is 0.731. The number of amides is 1. The molecule has 0 bridgehead atoms. The molecule has 3 atom stereocenters. The first-order valence-corrected chi connectivity index (χ1v) is 6.27. The van der Waals surface area contributed by atoms with E-state index in [4.69, 9.17) is 10.8 Å². The zero-order valence-electron chi connectivity index (χ0n) is 10.3. The Kier molecular flexibility index (Phi) is 5.41. The third-order valence-electron chi connectivity index (χ3n) is 3.42. The molecule has 0 heterocycles. The number of rotatable bonds is 5. The summed E-state index contributed by atoms with van der Waals surface area (Å²) in [7, 11) is 0. The number of aliphatic carboxylic acids is 1. The monoisotopic (exact) mass is 242 g/mol. The number of hydrogen-bond donors (Lipinski definition) is 3. The van der Waals surface area contributed by atoms with Gasteiger partial charge in [0.1, 0.15) is 0 Å². The van der Waals surface area contributed by atoms with E-state index in [-0.39, 0.29) is 23.8 Å². The SMILES string of the molecule is CC(CCN)C(=O)NC1CCCC(C(=O)O)C1. The van der Waals surface area contributed by atoms with E-state index < -0.39 is 5.97 Å². The summed E-state index contributed by atoms with van der Waals surface area (Å²) < 4.78 is 0. The lowest BCUT2D eigenvalue weighted by atomic mass is 9.85. The van der Waals surface area contributed by atoms with Gasteiger partial charge in [-0.15, -0.1) is 0 Å². The van der Waals surface area contributed by atoms with Crippen LogP contribution in [0, 0.1) is 11.8 Å². The van der Waals surface area contributed by atoms with Crippen molar-refractivity contribution < 1.29 is 14.7 Å². The fourth-order valence-corrected chi connectivity index (χ4v) is 2.27. The van der Waals surface area contributed by atoms with Crippen molar-refractivity contribution in [3.8, 4) is 0 Å². The maximum atomic E-state index is 11.8. The van der Waals surface area contributed by atoms with Gasteiger partial charge < -0.3 is 16.2 Å². The Morgan fingerprint density at radius 3 is 2.76 bits per heavy atom. The minimum absolute atomic E-state index is 0.00788. The molecule has 0 aromatic carbocycles. The summed E-state index contributed by atoms with van der Waals surface area (Å²) in [5, 5.41) is 11.9. The first kappa shape index (κ1) is 14.0. The second-order valence-electron chi connectivity index (χ2n) is 4.89. The lowest BCUT2D eigenvalue weighted by molar-refractivity contribution is -0.143. The lowest BCUT2D eigenvalue weighted by Crippen LogP contribution is -2.42. The average molecular weight is 242 g/mol. The highest BCUT2D eigenvalue weighted by Crippen LogP contribution is 2.24. The zero-order chi connectivity index (χ0) is 12.8. The number of hydrogen-bond acceptors (Lipinski definition) is 3. The Hall–Kier alpha value is -1.10.